The lowest BCUT2D eigenvalue weighted by molar-refractivity contribution is 0.00730. The van der Waals surface area contributed by atoms with Crippen LogP contribution >= 0.6 is 0 Å². The molecule has 0 saturated carbocycles. The molecule has 0 spiro atoms. The van der Waals surface area contributed by atoms with Crippen molar-refractivity contribution < 1.29 is 19.4 Å². The van der Waals surface area contributed by atoms with Crippen molar-refractivity contribution in [3.63, 3.8) is 0 Å². The van der Waals surface area contributed by atoms with E-state index in [0.717, 1.165) is 0 Å². The molecule has 0 aromatic carbocycles. The second-order valence-electron chi connectivity index (χ2n) is 5.16. The van der Waals surface area contributed by atoms with Crippen LogP contribution in [0, 0.1) is 0 Å². The first-order valence-corrected chi connectivity index (χ1v) is 6.46. The van der Waals surface area contributed by atoms with E-state index in [9.17, 15) is 9.90 Å². The van der Waals surface area contributed by atoms with E-state index in [-0.39, 0.29) is 6.10 Å². The van der Waals surface area contributed by atoms with E-state index >= 15 is 0 Å². The summed E-state index contributed by atoms with van der Waals surface area (Å²) < 4.78 is 9.34. The Morgan fingerprint density at radius 1 is 1.17 bits per heavy atom. The minimum Gasteiger partial charge on any atom is -0.438 e. The second kappa shape index (κ2) is 8.32. The summed E-state index contributed by atoms with van der Waals surface area (Å²) in [6.45, 7) is 10.7. The third-order valence-electron chi connectivity index (χ3n) is 2.82. The minimum atomic E-state index is -0.709. The quantitative estimate of drug-likeness (QED) is 0.711. The number of nitrogens with zero attached hydrogens (tertiary/aromatic N) is 1. The lowest BCUT2D eigenvalue weighted by Gasteiger charge is -2.32. The van der Waals surface area contributed by atoms with Crippen molar-refractivity contribution in [3.05, 3.63) is 0 Å². The fourth-order valence-corrected chi connectivity index (χ4v) is 1.98. The number of ether oxygens (including phenoxy) is 2. The van der Waals surface area contributed by atoms with Crippen LogP contribution in [0.5, 0.6) is 0 Å². The molecule has 108 valence electrons. The number of aliphatic hydroxyl groups is 1. The Morgan fingerprint density at radius 3 is 2.06 bits per heavy atom. The van der Waals surface area contributed by atoms with Crippen LogP contribution in [-0.2, 0) is 9.47 Å². The highest BCUT2D eigenvalue weighted by molar-refractivity contribution is 5.59. The molecule has 1 N–H and O–H groups in total. The van der Waals surface area contributed by atoms with Gasteiger partial charge in [0.25, 0.3) is 0 Å². The zero-order valence-corrected chi connectivity index (χ0v) is 12.3. The molecule has 5 heteroatoms. The molecule has 0 saturated heterocycles. The first-order chi connectivity index (χ1) is 8.27. The normalized spacial score (nSPS) is 15.0. The first-order valence-electron chi connectivity index (χ1n) is 6.46. The summed E-state index contributed by atoms with van der Waals surface area (Å²) in [5, 5.41) is 10.00. The number of rotatable bonds is 7. The summed E-state index contributed by atoms with van der Waals surface area (Å²) in [4.78, 5) is 13.1. The third kappa shape index (κ3) is 6.81. The van der Waals surface area contributed by atoms with Crippen LogP contribution in [0.15, 0.2) is 0 Å². The van der Waals surface area contributed by atoms with Crippen molar-refractivity contribution in [2.45, 2.75) is 65.3 Å². The predicted molar refractivity (Wildman–Crippen MR) is 70.6 cm³/mol. The number of hydrogen-bond acceptors (Lipinski definition) is 5. The van der Waals surface area contributed by atoms with Gasteiger partial charge in [-0.05, 0) is 34.6 Å². The van der Waals surface area contributed by atoms with Crippen molar-refractivity contribution >= 4 is 6.16 Å². The van der Waals surface area contributed by atoms with Crippen LogP contribution in [0.1, 0.15) is 41.0 Å². The van der Waals surface area contributed by atoms with Crippen molar-refractivity contribution in [1.29, 1.82) is 0 Å². The van der Waals surface area contributed by atoms with Gasteiger partial charge >= 0.3 is 6.16 Å². The molecule has 0 amide bonds. The van der Waals surface area contributed by atoms with E-state index in [1.54, 1.807) is 6.92 Å². The van der Waals surface area contributed by atoms with E-state index in [4.69, 9.17) is 4.74 Å². The Kier molecular flexibility index (Phi) is 7.95. The Bertz CT molecular complexity index is 235. The van der Waals surface area contributed by atoms with Gasteiger partial charge in [0.15, 0.2) is 0 Å². The van der Waals surface area contributed by atoms with Crippen molar-refractivity contribution in [2.24, 2.45) is 0 Å². The van der Waals surface area contributed by atoms with Crippen molar-refractivity contribution in [2.75, 3.05) is 13.7 Å². The van der Waals surface area contributed by atoms with Gasteiger partial charge in [-0.3, -0.25) is 4.90 Å². The summed E-state index contributed by atoms with van der Waals surface area (Å²) in [7, 11) is 1.27. The summed E-state index contributed by atoms with van der Waals surface area (Å²) in [6, 6.07) is 0.743. The molecule has 0 fully saturated rings. The van der Waals surface area contributed by atoms with Crippen molar-refractivity contribution in [3.8, 4) is 0 Å². The lowest BCUT2D eigenvalue weighted by Crippen LogP contribution is -2.43. The maximum absolute atomic E-state index is 10.9. The number of carbonyl (C=O) groups excluding carboxylic acids is 1. The molecule has 0 aromatic rings. The van der Waals surface area contributed by atoms with Gasteiger partial charge in [-0.25, -0.2) is 4.79 Å². The van der Waals surface area contributed by atoms with Gasteiger partial charge in [-0.15, -0.1) is 0 Å². The van der Waals surface area contributed by atoms with Gasteiger partial charge in [0, 0.05) is 25.0 Å². The zero-order chi connectivity index (χ0) is 14.3. The molecule has 0 bridgehead atoms. The van der Waals surface area contributed by atoms with Gasteiger partial charge in [-0.1, -0.05) is 0 Å². The van der Waals surface area contributed by atoms with E-state index in [1.807, 2.05) is 0 Å². The molecule has 2 unspecified atom stereocenters. The summed E-state index contributed by atoms with van der Waals surface area (Å²) >= 11 is 0. The molecule has 0 radical (unpaired) electrons. The Hall–Kier alpha value is -0.810. The van der Waals surface area contributed by atoms with Gasteiger partial charge in [-0.2, -0.15) is 0 Å². The second-order valence-corrected chi connectivity index (χ2v) is 5.16. The van der Waals surface area contributed by atoms with Crippen molar-refractivity contribution in [1.82, 2.24) is 4.90 Å². The monoisotopic (exact) mass is 261 g/mol. The number of hydrogen-bond donors (Lipinski definition) is 1. The fraction of sp³-hybridized carbons (Fsp3) is 0.923. The molecule has 0 aliphatic carbocycles. The van der Waals surface area contributed by atoms with Crippen LogP contribution in [-0.4, -0.2) is 54.1 Å². The van der Waals surface area contributed by atoms with E-state index in [1.165, 1.54) is 7.11 Å². The molecular formula is C13H27NO4. The maximum atomic E-state index is 10.9. The lowest BCUT2D eigenvalue weighted by atomic mass is 10.1. The molecule has 0 rings (SSSR count). The standard InChI is InChI=1S/C13H27NO4/c1-9(2)14(10(3)4)8-12(15)7-11(5)18-13(16)17-6/h9-12,15H,7-8H2,1-6H3. The Labute approximate surface area is 110 Å². The molecule has 0 aliphatic heterocycles. The molecule has 5 nitrogen and oxygen atoms in total. The highest BCUT2D eigenvalue weighted by Crippen LogP contribution is 2.10. The SMILES string of the molecule is COC(=O)OC(C)CC(O)CN(C(C)C)C(C)C. The van der Waals surface area contributed by atoms with Gasteiger partial charge in [0.05, 0.1) is 13.2 Å². The van der Waals surface area contributed by atoms with E-state index in [2.05, 4.69) is 37.3 Å². The highest BCUT2D eigenvalue weighted by Gasteiger charge is 2.20. The summed E-state index contributed by atoms with van der Waals surface area (Å²) in [6.07, 6.45) is -1.17. The zero-order valence-electron chi connectivity index (χ0n) is 12.3. The molecule has 0 aliphatic rings. The molecular weight excluding hydrogens is 234 g/mol. The van der Waals surface area contributed by atoms with Gasteiger partial charge in [0.2, 0.25) is 0 Å². The minimum absolute atomic E-state index is 0.353. The molecule has 0 aromatic heterocycles. The molecule has 0 heterocycles. The summed E-state index contributed by atoms with van der Waals surface area (Å²) in [5.74, 6) is 0. The van der Waals surface area contributed by atoms with E-state index < -0.39 is 12.3 Å². The van der Waals surface area contributed by atoms with Crippen LogP contribution < -0.4 is 0 Å². The largest absolute Gasteiger partial charge is 0.508 e. The Morgan fingerprint density at radius 2 is 1.67 bits per heavy atom. The number of carbonyl (C=O) groups is 1. The smallest absolute Gasteiger partial charge is 0.438 e. The molecule has 18 heavy (non-hydrogen) atoms. The number of aliphatic hydroxyl groups excluding tert-OH is 1. The third-order valence-corrected chi connectivity index (χ3v) is 2.82. The summed E-state index contributed by atoms with van der Waals surface area (Å²) in [5.41, 5.74) is 0. The van der Waals surface area contributed by atoms with Crippen LogP contribution in [0.25, 0.3) is 0 Å². The fourth-order valence-electron chi connectivity index (χ4n) is 1.98. The number of methoxy groups -OCH3 is 1. The van der Waals surface area contributed by atoms with Gasteiger partial charge < -0.3 is 14.6 Å². The van der Waals surface area contributed by atoms with E-state index in [0.29, 0.717) is 25.0 Å². The van der Waals surface area contributed by atoms with Crippen LogP contribution in [0.2, 0.25) is 0 Å². The maximum Gasteiger partial charge on any atom is 0.508 e. The topological polar surface area (TPSA) is 59.0 Å². The van der Waals surface area contributed by atoms with Gasteiger partial charge in [0.1, 0.15) is 6.10 Å². The van der Waals surface area contributed by atoms with Crippen LogP contribution in [0.4, 0.5) is 4.79 Å². The predicted octanol–water partition coefficient (Wildman–Crippen LogP) is 2.03. The Balaban J connectivity index is 4.15. The average Bonchev–Trinajstić information content (AvgIpc) is 2.24. The first kappa shape index (κ1) is 17.2. The average molecular weight is 261 g/mol. The highest BCUT2D eigenvalue weighted by atomic mass is 16.7. The molecule has 2 atom stereocenters. The van der Waals surface area contributed by atoms with Crippen LogP contribution in [0.3, 0.4) is 0 Å².